The number of hydrogen-bond donors (Lipinski definition) is 1. The number of nitrogens with one attached hydrogen (secondary N) is 1. The van der Waals surface area contributed by atoms with E-state index in [4.69, 9.17) is 0 Å². The Morgan fingerprint density at radius 1 is 1.11 bits per heavy atom. The lowest BCUT2D eigenvalue weighted by atomic mass is 10.2. The van der Waals surface area contributed by atoms with Crippen molar-refractivity contribution in [2.24, 2.45) is 0 Å². The van der Waals surface area contributed by atoms with E-state index < -0.39 is 11.7 Å². The van der Waals surface area contributed by atoms with Crippen molar-refractivity contribution in [1.82, 2.24) is 14.5 Å². The zero-order valence-electron chi connectivity index (χ0n) is 14.3. The van der Waals surface area contributed by atoms with Gasteiger partial charge in [0, 0.05) is 29.4 Å². The van der Waals surface area contributed by atoms with Gasteiger partial charge in [-0.05, 0) is 37.1 Å². The minimum absolute atomic E-state index is 0.0949. The van der Waals surface area contributed by atoms with Gasteiger partial charge in [0.25, 0.3) is 5.56 Å². The van der Waals surface area contributed by atoms with Crippen molar-refractivity contribution in [2.75, 3.05) is 5.32 Å². The van der Waals surface area contributed by atoms with Crippen LogP contribution in [0.5, 0.6) is 0 Å². The maximum absolute atomic E-state index is 12.9. The molecule has 0 aliphatic heterocycles. The smallest absolute Gasteiger partial charge is 0.324 e. The number of pyridine rings is 1. The summed E-state index contributed by atoms with van der Waals surface area (Å²) in [5.41, 5.74) is -0.150. The number of hydrogen-bond acceptors (Lipinski definition) is 4. The Morgan fingerprint density at radius 3 is 2.63 bits per heavy atom. The minimum atomic E-state index is -4.43. The molecular formula is C19H17F3N4O. The molecule has 0 radical (unpaired) electrons. The van der Waals surface area contributed by atoms with Gasteiger partial charge in [-0.25, -0.2) is 4.98 Å². The monoisotopic (exact) mass is 374 g/mol. The summed E-state index contributed by atoms with van der Waals surface area (Å²) in [4.78, 5) is 21.0. The van der Waals surface area contributed by atoms with E-state index in [0.29, 0.717) is 5.65 Å². The van der Waals surface area contributed by atoms with Gasteiger partial charge in [-0.1, -0.05) is 18.9 Å². The van der Waals surface area contributed by atoms with Gasteiger partial charge < -0.3 is 5.32 Å². The van der Waals surface area contributed by atoms with Crippen LogP contribution in [0.3, 0.4) is 0 Å². The summed E-state index contributed by atoms with van der Waals surface area (Å²) in [7, 11) is 0. The van der Waals surface area contributed by atoms with Gasteiger partial charge in [0.15, 0.2) is 0 Å². The lowest BCUT2D eigenvalue weighted by Gasteiger charge is -2.16. The number of nitrogens with zero attached hydrogens (tertiary/aromatic N) is 3. The summed E-state index contributed by atoms with van der Waals surface area (Å²) < 4.78 is 40.3. The normalized spacial score (nSPS) is 15.4. The zero-order chi connectivity index (χ0) is 19.0. The Balaban J connectivity index is 1.73. The van der Waals surface area contributed by atoms with Crippen molar-refractivity contribution in [3.8, 4) is 0 Å². The van der Waals surface area contributed by atoms with Crippen molar-refractivity contribution in [3.05, 3.63) is 58.5 Å². The first-order valence-electron chi connectivity index (χ1n) is 8.74. The summed E-state index contributed by atoms with van der Waals surface area (Å²) in [6, 6.07) is 8.10. The van der Waals surface area contributed by atoms with Crippen molar-refractivity contribution in [1.29, 1.82) is 0 Å². The number of alkyl halides is 3. The lowest BCUT2D eigenvalue weighted by molar-refractivity contribution is -0.137. The Morgan fingerprint density at radius 2 is 1.89 bits per heavy atom. The van der Waals surface area contributed by atoms with E-state index in [0.717, 1.165) is 43.2 Å². The van der Waals surface area contributed by atoms with Gasteiger partial charge in [0.1, 0.15) is 5.65 Å². The first kappa shape index (κ1) is 17.5. The average molecular weight is 374 g/mol. The second-order valence-electron chi connectivity index (χ2n) is 6.66. The third-order valence-corrected chi connectivity index (χ3v) is 4.80. The fourth-order valence-corrected chi connectivity index (χ4v) is 3.52. The summed E-state index contributed by atoms with van der Waals surface area (Å²) >= 11 is 0. The molecule has 8 heteroatoms. The minimum Gasteiger partial charge on any atom is -0.324 e. The van der Waals surface area contributed by atoms with E-state index in [9.17, 15) is 18.0 Å². The SMILES string of the molecule is O=c1ccc2cnc(Nc3cccc(C(F)(F)F)c3)nc2n1C1CCCC1. The van der Waals surface area contributed by atoms with Gasteiger partial charge in [-0.15, -0.1) is 0 Å². The molecule has 0 saturated heterocycles. The largest absolute Gasteiger partial charge is 0.416 e. The van der Waals surface area contributed by atoms with Crippen molar-refractivity contribution in [3.63, 3.8) is 0 Å². The van der Waals surface area contributed by atoms with Crippen LogP contribution in [-0.2, 0) is 6.18 Å². The van der Waals surface area contributed by atoms with E-state index >= 15 is 0 Å². The molecule has 1 N–H and O–H groups in total. The molecule has 5 nitrogen and oxygen atoms in total. The first-order valence-corrected chi connectivity index (χ1v) is 8.74. The Kier molecular flexibility index (Phi) is 4.33. The van der Waals surface area contributed by atoms with Gasteiger partial charge in [-0.3, -0.25) is 9.36 Å². The fourth-order valence-electron chi connectivity index (χ4n) is 3.52. The molecule has 2 heterocycles. The number of rotatable bonds is 3. The van der Waals surface area contributed by atoms with Crippen LogP contribution >= 0.6 is 0 Å². The van der Waals surface area contributed by atoms with E-state index in [1.165, 1.54) is 18.2 Å². The van der Waals surface area contributed by atoms with Crippen molar-refractivity contribution in [2.45, 2.75) is 37.9 Å². The van der Waals surface area contributed by atoms with Crippen LogP contribution in [0.2, 0.25) is 0 Å². The van der Waals surface area contributed by atoms with Crippen LogP contribution in [0, 0.1) is 0 Å². The number of aromatic nitrogens is 3. The number of halogens is 3. The number of anilines is 2. The molecule has 3 aromatic rings. The Labute approximate surface area is 152 Å². The van der Waals surface area contributed by atoms with E-state index in [2.05, 4.69) is 15.3 Å². The summed E-state index contributed by atoms with van der Waals surface area (Å²) in [6.45, 7) is 0. The molecule has 0 spiro atoms. The maximum Gasteiger partial charge on any atom is 0.416 e. The van der Waals surface area contributed by atoms with Crippen molar-refractivity contribution >= 4 is 22.7 Å². The maximum atomic E-state index is 12.9. The molecule has 0 bridgehead atoms. The summed E-state index contributed by atoms with van der Waals surface area (Å²) in [6.07, 6.45) is 1.11. The molecule has 0 amide bonds. The number of fused-ring (bicyclic) bond motifs is 1. The third kappa shape index (κ3) is 3.51. The second-order valence-corrected chi connectivity index (χ2v) is 6.66. The highest BCUT2D eigenvalue weighted by molar-refractivity contribution is 5.75. The molecular weight excluding hydrogens is 357 g/mol. The second kappa shape index (κ2) is 6.68. The van der Waals surface area contributed by atoms with Gasteiger partial charge in [0.2, 0.25) is 5.95 Å². The van der Waals surface area contributed by atoms with Crippen LogP contribution in [0.15, 0.2) is 47.4 Å². The van der Waals surface area contributed by atoms with Crippen LogP contribution in [-0.4, -0.2) is 14.5 Å². The van der Waals surface area contributed by atoms with E-state index in [1.807, 2.05) is 0 Å². The predicted molar refractivity (Wildman–Crippen MR) is 96.0 cm³/mol. The molecule has 2 aromatic heterocycles. The molecule has 140 valence electrons. The number of benzene rings is 1. The Hall–Kier alpha value is -2.90. The Bertz CT molecular complexity index is 1040. The predicted octanol–water partition coefficient (Wildman–Crippen LogP) is 4.67. The molecule has 1 fully saturated rings. The quantitative estimate of drug-likeness (QED) is 0.724. The zero-order valence-corrected chi connectivity index (χ0v) is 14.3. The average Bonchev–Trinajstić information content (AvgIpc) is 3.15. The van der Waals surface area contributed by atoms with Crippen LogP contribution < -0.4 is 10.9 Å². The molecule has 1 aliphatic rings. The molecule has 4 rings (SSSR count). The lowest BCUT2D eigenvalue weighted by Crippen LogP contribution is -2.23. The highest BCUT2D eigenvalue weighted by Crippen LogP contribution is 2.32. The van der Waals surface area contributed by atoms with Crippen LogP contribution in [0.4, 0.5) is 24.8 Å². The summed E-state index contributed by atoms with van der Waals surface area (Å²) in [5.74, 6) is 0.152. The van der Waals surface area contributed by atoms with Crippen LogP contribution in [0.25, 0.3) is 11.0 Å². The highest BCUT2D eigenvalue weighted by atomic mass is 19.4. The highest BCUT2D eigenvalue weighted by Gasteiger charge is 2.30. The van der Waals surface area contributed by atoms with E-state index in [1.54, 1.807) is 16.8 Å². The fraction of sp³-hybridized carbons (Fsp3) is 0.316. The van der Waals surface area contributed by atoms with Gasteiger partial charge >= 0.3 is 6.18 Å². The topological polar surface area (TPSA) is 59.8 Å². The van der Waals surface area contributed by atoms with Gasteiger partial charge in [0.05, 0.1) is 5.56 Å². The molecule has 1 aliphatic carbocycles. The third-order valence-electron chi connectivity index (χ3n) is 4.80. The molecule has 0 unspecified atom stereocenters. The standard InChI is InChI=1S/C19H17F3N4O/c20-19(21,22)13-4-3-5-14(10-13)24-18-23-11-12-8-9-16(27)26(17(12)25-18)15-6-1-2-7-15/h3-5,8-11,15H,1-2,6-7H2,(H,23,24,25). The molecule has 1 aromatic carbocycles. The molecule has 27 heavy (non-hydrogen) atoms. The summed E-state index contributed by atoms with van der Waals surface area (Å²) in [5, 5.41) is 3.53. The van der Waals surface area contributed by atoms with Crippen LogP contribution in [0.1, 0.15) is 37.3 Å². The van der Waals surface area contributed by atoms with Gasteiger partial charge in [-0.2, -0.15) is 18.2 Å². The molecule has 0 atom stereocenters. The van der Waals surface area contributed by atoms with Crippen molar-refractivity contribution < 1.29 is 13.2 Å². The first-order chi connectivity index (χ1) is 12.9. The molecule has 1 saturated carbocycles. The van der Waals surface area contributed by atoms with E-state index in [-0.39, 0.29) is 23.2 Å².